The molecule has 10 heteroatoms. The highest BCUT2D eigenvalue weighted by molar-refractivity contribution is 9.10. The summed E-state index contributed by atoms with van der Waals surface area (Å²) in [6, 6.07) is 30.5. The predicted octanol–water partition coefficient (Wildman–Crippen LogP) is 5.83. The van der Waals surface area contributed by atoms with Gasteiger partial charge in [-0.15, -0.1) is 0 Å². The summed E-state index contributed by atoms with van der Waals surface area (Å²) in [6.07, 6.45) is 1.47. The lowest BCUT2D eigenvalue weighted by atomic mass is 10.1. The number of halogens is 1. The Morgan fingerprint density at radius 1 is 0.870 bits per heavy atom. The van der Waals surface area contributed by atoms with Crippen LogP contribution in [-0.4, -0.2) is 74.9 Å². The first-order chi connectivity index (χ1) is 22.2. The molecule has 4 aromatic carbocycles. The summed E-state index contributed by atoms with van der Waals surface area (Å²) < 4.78 is 6.56. The van der Waals surface area contributed by atoms with E-state index in [9.17, 15) is 9.90 Å². The van der Waals surface area contributed by atoms with Crippen LogP contribution in [0.2, 0.25) is 0 Å². The molecule has 46 heavy (non-hydrogen) atoms. The fourth-order valence-electron chi connectivity index (χ4n) is 5.47. The van der Waals surface area contributed by atoms with Crippen molar-refractivity contribution >= 4 is 39.4 Å². The molecule has 1 aliphatic rings. The van der Waals surface area contributed by atoms with Gasteiger partial charge < -0.3 is 19.6 Å². The first-order valence-electron chi connectivity index (χ1n) is 15.2. The third-order valence-corrected chi connectivity index (χ3v) is 8.47. The molecule has 4 aromatic rings. The molecule has 0 spiro atoms. The average molecular weight is 686 g/mol. The smallest absolute Gasteiger partial charge is 0.277 e. The summed E-state index contributed by atoms with van der Waals surface area (Å²) in [5.41, 5.74) is 9.01. The topological polar surface area (TPSA) is 83.9 Å². The molecule has 240 valence electrons. The zero-order valence-electron chi connectivity index (χ0n) is 26.7. The van der Waals surface area contributed by atoms with E-state index in [-0.39, 0.29) is 18.5 Å². The number of hydrazone groups is 1. The number of hydrogen-bond acceptors (Lipinski definition) is 8. The van der Waals surface area contributed by atoms with Gasteiger partial charge in [-0.05, 0) is 71.3 Å². The molecule has 5 rings (SSSR count). The molecule has 1 saturated heterocycles. The largest absolute Gasteiger partial charge is 0.507 e. The van der Waals surface area contributed by atoms with Crippen molar-refractivity contribution in [2.24, 2.45) is 5.10 Å². The number of phenolic OH excluding ortho intramolecular Hbond substituents is 1. The second-order valence-electron chi connectivity index (χ2n) is 11.8. The normalized spacial score (nSPS) is 14.1. The van der Waals surface area contributed by atoms with E-state index in [0.717, 1.165) is 30.7 Å². The van der Waals surface area contributed by atoms with E-state index in [1.54, 1.807) is 18.2 Å². The van der Waals surface area contributed by atoms with Crippen molar-refractivity contribution in [1.29, 1.82) is 0 Å². The monoisotopic (exact) mass is 684 g/mol. The molecule has 1 amide bonds. The van der Waals surface area contributed by atoms with Crippen LogP contribution in [0.3, 0.4) is 0 Å². The number of nitrogens with zero attached hydrogens (tertiary/aromatic N) is 5. The van der Waals surface area contributed by atoms with Gasteiger partial charge in [0.05, 0.1) is 12.4 Å². The van der Waals surface area contributed by atoms with Crippen molar-refractivity contribution < 1.29 is 14.6 Å². The molecule has 1 aliphatic heterocycles. The van der Waals surface area contributed by atoms with E-state index >= 15 is 0 Å². The number of phenols is 1. The number of nitrogens with one attached hydrogen (secondary N) is 1. The number of benzene rings is 4. The molecule has 0 radical (unpaired) electrons. The van der Waals surface area contributed by atoms with Gasteiger partial charge in [-0.25, -0.2) is 5.43 Å². The van der Waals surface area contributed by atoms with Gasteiger partial charge in [-0.1, -0.05) is 52.3 Å². The molecular formula is C36H41BrN6O3. The molecule has 0 saturated carbocycles. The number of carbonyl (C=O) groups excluding carboxylic acids is 1. The van der Waals surface area contributed by atoms with Gasteiger partial charge >= 0.3 is 0 Å². The molecule has 0 aliphatic carbocycles. The standard InChI is InChI=1S/C36H41BrN6O3/c1-40(2)31-12-5-26(6-13-31)23-42-19-20-43(24-27-7-14-32(15-8-27)41(3)4)36(42)28-9-16-33(17-10-28)46-25-35(45)39-38-22-29-21-30(37)11-18-34(29)44/h5-18,21-22,36,44H,19-20,23-25H2,1-4H3,(H,39,45). The average Bonchev–Trinajstić information content (AvgIpc) is 3.43. The van der Waals surface area contributed by atoms with E-state index in [1.165, 1.54) is 34.3 Å². The van der Waals surface area contributed by atoms with Crippen LogP contribution in [-0.2, 0) is 17.9 Å². The Morgan fingerprint density at radius 2 is 1.41 bits per heavy atom. The zero-order chi connectivity index (χ0) is 32.6. The third kappa shape index (κ3) is 8.66. The Morgan fingerprint density at radius 3 is 1.93 bits per heavy atom. The number of ether oxygens (including phenoxy) is 1. The Labute approximate surface area is 279 Å². The second kappa shape index (κ2) is 15.3. The molecule has 9 nitrogen and oxygen atoms in total. The Bertz CT molecular complexity index is 1560. The minimum atomic E-state index is -0.400. The molecule has 0 atom stereocenters. The Kier molecular flexibility index (Phi) is 11.0. The highest BCUT2D eigenvalue weighted by atomic mass is 79.9. The Balaban J connectivity index is 1.25. The highest BCUT2D eigenvalue weighted by Gasteiger charge is 2.33. The van der Waals surface area contributed by atoms with Crippen molar-refractivity contribution in [3.63, 3.8) is 0 Å². The van der Waals surface area contributed by atoms with Crippen LogP contribution < -0.4 is 20.0 Å². The van der Waals surface area contributed by atoms with Crippen LogP contribution in [0, 0.1) is 0 Å². The molecule has 0 unspecified atom stereocenters. The maximum absolute atomic E-state index is 12.3. The SMILES string of the molecule is CN(C)c1ccc(CN2CCN(Cc3ccc(N(C)C)cc3)C2c2ccc(OCC(=O)NN=Cc3cc(Br)ccc3O)cc2)cc1. The summed E-state index contributed by atoms with van der Waals surface area (Å²) in [4.78, 5) is 21.6. The highest BCUT2D eigenvalue weighted by Crippen LogP contribution is 2.34. The molecule has 1 heterocycles. The molecule has 0 aromatic heterocycles. The van der Waals surface area contributed by atoms with Gasteiger partial charge in [0, 0.05) is 75.8 Å². The van der Waals surface area contributed by atoms with Crippen LogP contribution in [0.1, 0.15) is 28.4 Å². The number of hydrogen-bond donors (Lipinski definition) is 2. The maximum Gasteiger partial charge on any atom is 0.277 e. The quantitative estimate of drug-likeness (QED) is 0.144. The van der Waals surface area contributed by atoms with E-state index in [2.05, 4.69) is 135 Å². The van der Waals surface area contributed by atoms with Gasteiger partial charge in [0.1, 0.15) is 11.5 Å². The van der Waals surface area contributed by atoms with Crippen LogP contribution in [0.4, 0.5) is 11.4 Å². The summed E-state index contributed by atoms with van der Waals surface area (Å²) >= 11 is 3.36. The van der Waals surface area contributed by atoms with E-state index in [0.29, 0.717) is 11.3 Å². The summed E-state index contributed by atoms with van der Waals surface area (Å²) in [6.45, 7) is 3.39. The van der Waals surface area contributed by atoms with E-state index in [4.69, 9.17) is 4.74 Å². The number of anilines is 2. The third-order valence-electron chi connectivity index (χ3n) is 7.97. The van der Waals surface area contributed by atoms with Crippen LogP contribution in [0.15, 0.2) is 101 Å². The first kappa shape index (κ1) is 33.0. The van der Waals surface area contributed by atoms with Crippen LogP contribution in [0.25, 0.3) is 0 Å². The maximum atomic E-state index is 12.3. The van der Waals surface area contributed by atoms with Crippen molar-refractivity contribution in [2.45, 2.75) is 19.3 Å². The number of rotatable bonds is 12. The molecular weight excluding hydrogens is 644 g/mol. The van der Waals surface area contributed by atoms with Gasteiger partial charge in [0.15, 0.2) is 6.61 Å². The molecule has 0 bridgehead atoms. The minimum absolute atomic E-state index is 0.0707. The minimum Gasteiger partial charge on any atom is -0.507 e. The van der Waals surface area contributed by atoms with Gasteiger partial charge in [-0.3, -0.25) is 14.6 Å². The van der Waals surface area contributed by atoms with E-state index < -0.39 is 5.91 Å². The van der Waals surface area contributed by atoms with Crippen molar-refractivity contribution in [3.8, 4) is 11.5 Å². The lowest BCUT2D eigenvalue weighted by molar-refractivity contribution is -0.123. The van der Waals surface area contributed by atoms with Crippen LogP contribution in [0.5, 0.6) is 11.5 Å². The van der Waals surface area contributed by atoms with E-state index in [1.807, 2.05) is 12.1 Å². The fraction of sp³-hybridized carbons (Fsp3) is 0.278. The molecule has 1 fully saturated rings. The first-order valence-corrected chi connectivity index (χ1v) is 16.0. The van der Waals surface area contributed by atoms with Gasteiger partial charge in [0.25, 0.3) is 5.91 Å². The van der Waals surface area contributed by atoms with Crippen molar-refractivity contribution in [3.05, 3.63) is 118 Å². The summed E-state index contributed by atoms with van der Waals surface area (Å²) in [5, 5.41) is 13.9. The number of aromatic hydroxyl groups is 1. The predicted molar refractivity (Wildman–Crippen MR) is 189 cm³/mol. The zero-order valence-corrected chi connectivity index (χ0v) is 28.3. The van der Waals surface area contributed by atoms with Gasteiger partial charge in [0.2, 0.25) is 0 Å². The molecule has 2 N–H and O–H groups in total. The lowest BCUT2D eigenvalue weighted by Crippen LogP contribution is -2.30. The number of carbonyl (C=O) groups is 1. The number of amides is 1. The summed E-state index contributed by atoms with van der Waals surface area (Å²) in [7, 11) is 8.22. The summed E-state index contributed by atoms with van der Waals surface area (Å²) in [5.74, 6) is 0.270. The Hall–Kier alpha value is -4.38. The van der Waals surface area contributed by atoms with Crippen molar-refractivity contribution in [2.75, 3.05) is 57.7 Å². The second-order valence-corrected chi connectivity index (χ2v) is 12.7. The van der Waals surface area contributed by atoms with Gasteiger partial charge in [-0.2, -0.15) is 5.10 Å². The fourth-order valence-corrected chi connectivity index (χ4v) is 5.85. The van der Waals surface area contributed by atoms with Crippen LogP contribution >= 0.6 is 15.9 Å². The lowest BCUT2D eigenvalue weighted by Gasteiger charge is -2.31. The van der Waals surface area contributed by atoms with Crippen molar-refractivity contribution in [1.82, 2.24) is 15.2 Å².